The molecule has 0 N–H and O–H groups in total. The monoisotopic (exact) mass is 318 g/mol. The summed E-state index contributed by atoms with van der Waals surface area (Å²) in [6.45, 7) is 6.03. The van der Waals surface area contributed by atoms with E-state index < -0.39 is 0 Å². The van der Waals surface area contributed by atoms with E-state index in [9.17, 15) is 4.79 Å². The molecule has 0 bridgehead atoms. The van der Waals surface area contributed by atoms with Gasteiger partial charge in [0.05, 0.1) is 11.7 Å². The van der Waals surface area contributed by atoms with Gasteiger partial charge < -0.3 is 4.90 Å². The number of hydrogen-bond acceptors (Lipinski definition) is 3. The molecule has 2 heterocycles. The average molecular weight is 318 g/mol. The van der Waals surface area contributed by atoms with E-state index in [1.165, 1.54) is 31.4 Å². The smallest absolute Gasteiger partial charge is 0.222 e. The first kappa shape index (κ1) is 16.5. The predicted molar refractivity (Wildman–Crippen MR) is 90.2 cm³/mol. The molecule has 1 aliphatic heterocycles. The van der Waals surface area contributed by atoms with Crippen LogP contribution in [0.3, 0.4) is 0 Å². The van der Waals surface area contributed by atoms with Crippen molar-refractivity contribution < 1.29 is 4.79 Å². The summed E-state index contributed by atoms with van der Waals surface area (Å²) in [6, 6.07) is 0.408. The Morgan fingerprint density at radius 1 is 1.26 bits per heavy atom. The van der Waals surface area contributed by atoms with Crippen LogP contribution in [0.5, 0.6) is 0 Å². The lowest BCUT2D eigenvalue weighted by atomic mass is 10.0. The first-order chi connectivity index (χ1) is 11.2. The molecule has 1 aromatic rings. The van der Waals surface area contributed by atoms with Crippen molar-refractivity contribution >= 4 is 5.91 Å². The molecule has 1 aromatic heterocycles. The van der Waals surface area contributed by atoms with Crippen molar-refractivity contribution in [3.63, 3.8) is 0 Å². The number of aromatic nitrogens is 3. The summed E-state index contributed by atoms with van der Waals surface area (Å²) in [5, 5.41) is 8.79. The quantitative estimate of drug-likeness (QED) is 0.834. The maximum Gasteiger partial charge on any atom is 0.222 e. The van der Waals surface area contributed by atoms with Crippen LogP contribution in [0.1, 0.15) is 82.9 Å². The third-order valence-corrected chi connectivity index (χ3v) is 5.71. The van der Waals surface area contributed by atoms with Crippen molar-refractivity contribution in [2.75, 3.05) is 13.1 Å². The molecule has 0 aromatic carbocycles. The predicted octanol–water partition coefficient (Wildman–Crippen LogP) is 3.54. The summed E-state index contributed by atoms with van der Waals surface area (Å²) in [7, 11) is 0. The van der Waals surface area contributed by atoms with Gasteiger partial charge in [0.1, 0.15) is 0 Å². The molecule has 0 radical (unpaired) electrons. The Bertz CT molecular complexity index is 513. The van der Waals surface area contributed by atoms with Crippen LogP contribution in [0, 0.1) is 5.92 Å². The van der Waals surface area contributed by atoms with E-state index in [2.05, 4.69) is 35.0 Å². The first-order valence-corrected chi connectivity index (χ1v) is 9.37. The summed E-state index contributed by atoms with van der Waals surface area (Å²) in [4.78, 5) is 14.3. The highest BCUT2D eigenvalue weighted by molar-refractivity contribution is 5.76. The average Bonchev–Trinajstić information content (AvgIpc) is 3.25. The normalized spacial score (nSPS) is 21.7. The molecule has 2 aliphatic rings. The molecule has 0 spiro atoms. The minimum Gasteiger partial charge on any atom is -0.343 e. The fourth-order valence-corrected chi connectivity index (χ4v) is 3.83. The molecule has 1 saturated carbocycles. The SMILES string of the molecule is CC[C@@H](C)CC(=O)N1CCC(n2cc(C3CCCC3)nn2)CC1. The molecule has 128 valence electrons. The Kier molecular flexibility index (Phi) is 5.34. The Morgan fingerprint density at radius 2 is 1.96 bits per heavy atom. The molecule has 1 aliphatic carbocycles. The van der Waals surface area contributed by atoms with Gasteiger partial charge in [-0.05, 0) is 31.6 Å². The third kappa shape index (κ3) is 3.93. The van der Waals surface area contributed by atoms with Crippen LogP contribution in [0.15, 0.2) is 6.20 Å². The fraction of sp³-hybridized carbons (Fsp3) is 0.833. The van der Waals surface area contributed by atoms with Crippen molar-refractivity contribution in [2.24, 2.45) is 5.92 Å². The van der Waals surface area contributed by atoms with E-state index in [1.54, 1.807) is 0 Å². The molecule has 5 nitrogen and oxygen atoms in total. The molecule has 3 rings (SSSR count). The number of amides is 1. The minimum atomic E-state index is 0.322. The van der Waals surface area contributed by atoms with Gasteiger partial charge >= 0.3 is 0 Å². The number of nitrogens with zero attached hydrogens (tertiary/aromatic N) is 4. The van der Waals surface area contributed by atoms with Crippen molar-refractivity contribution in [2.45, 2.75) is 77.2 Å². The molecule has 1 atom stereocenters. The Hall–Kier alpha value is -1.39. The highest BCUT2D eigenvalue weighted by Gasteiger charge is 2.26. The third-order valence-electron chi connectivity index (χ3n) is 5.71. The maximum absolute atomic E-state index is 12.3. The van der Waals surface area contributed by atoms with Crippen LogP contribution in [-0.2, 0) is 4.79 Å². The highest BCUT2D eigenvalue weighted by Crippen LogP contribution is 2.33. The van der Waals surface area contributed by atoms with Gasteiger partial charge in [0.25, 0.3) is 0 Å². The zero-order valence-electron chi connectivity index (χ0n) is 14.6. The molecule has 1 amide bonds. The lowest BCUT2D eigenvalue weighted by Crippen LogP contribution is -2.39. The van der Waals surface area contributed by atoms with E-state index in [0.29, 0.717) is 30.2 Å². The van der Waals surface area contributed by atoms with Crippen molar-refractivity contribution in [3.8, 4) is 0 Å². The van der Waals surface area contributed by atoms with Gasteiger partial charge in [-0.15, -0.1) is 5.10 Å². The summed E-state index contributed by atoms with van der Waals surface area (Å²) in [5.41, 5.74) is 1.18. The van der Waals surface area contributed by atoms with Gasteiger partial charge in [-0.2, -0.15) is 0 Å². The van der Waals surface area contributed by atoms with E-state index >= 15 is 0 Å². The topological polar surface area (TPSA) is 51.0 Å². The second-order valence-corrected chi connectivity index (χ2v) is 7.43. The van der Waals surface area contributed by atoms with Gasteiger partial charge in [0.2, 0.25) is 5.91 Å². The van der Waals surface area contributed by atoms with Crippen LogP contribution >= 0.6 is 0 Å². The fourth-order valence-electron chi connectivity index (χ4n) is 3.83. The number of likely N-dealkylation sites (tertiary alicyclic amines) is 1. The van der Waals surface area contributed by atoms with Crippen LogP contribution in [0.2, 0.25) is 0 Å². The highest BCUT2D eigenvalue weighted by atomic mass is 16.2. The van der Waals surface area contributed by atoms with E-state index in [4.69, 9.17) is 0 Å². The molecule has 0 unspecified atom stereocenters. The zero-order chi connectivity index (χ0) is 16.2. The Morgan fingerprint density at radius 3 is 2.61 bits per heavy atom. The van der Waals surface area contributed by atoms with Crippen molar-refractivity contribution in [1.82, 2.24) is 19.9 Å². The molecule has 23 heavy (non-hydrogen) atoms. The van der Waals surface area contributed by atoms with Gasteiger partial charge in [-0.25, -0.2) is 4.68 Å². The van der Waals surface area contributed by atoms with Gasteiger partial charge in [-0.1, -0.05) is 38.3 Å². The zero-order valence-corrected chi connectivity index (χ0v) is 14.6. The molecule has 5 heteroatoms. The van der Waals surface area contributed by atoms with Gasteiger partial charge in [0, 0.05) is 31.6 Å². The Labute approximate surface area is 139 Å². The number of carbonyl (C=O) groups excluding carboxylic acids is 1. The van der Waals surface area contributed by atoms with Crippen LogP contribution in [0.25, 0.3) is 0 Å². The number of piperidine rings is 1. The van der Waals surface area contributed by atoms with Crippen molar-refractivity contribution in [3.05, 3.63) is 11.9 Å². The van der Waals surface area contributed by atoms with Crippen LogP contribution in [0.4, 0.5) is 0 Å². The van der Waals surface area contributed by atoms with E-state index in [-0.39, 0.29) is 0 Å². The van der Waals surface area contributed by atoms with Gasteiger partial charge in [0.15, 0.2) is 0 Å². The number of rotatable bonds is 5. The standard InChI is InChI=1S/C18H30N4O/c1-3-14(2)12-18(23)21-10-8-16(9-11-21)22-13-17(19-20-22)15-6-4-5-7-15/h13-16H,3-12H2,1-2H3/t14-/m1/s1. The van der Waals surface area contributed by atoms with Crippen LogP contribution in [-0.4, -0.2) is 38.9 Å². The van der Waals surface area contributed by atoms with Crippen molar-refractivity contribution in [1.29, 1.82) is 0 Å². The molecular formula is C18H30N4O. The second-order valence-electron chi connectivity index (χ2n) is 7.43. The lowest BCUT2D eigenvalue weighted by molar-refractivity contribution is -0.133. The first-order valence-electron chi connectivity index (χ1n) is 9.37. The van der Waals surface area contributed by atoms with Gasteiger partial charge in [-0.3, -0.25) is 4.79 Å². The largest absolute Gasteiger partial charge is 0.343 e. The molecule has 1 saturated heterocycles. The lowest BCUT2D eigenvalue weighted by Gasteiger charge is -2.32. The second kappa shape index (κ2) is 7.45. The summed E-state index contributed by atoms with van der Waals surface area (Å²) in [5.74, 6) is 1.44. The van der Waals surface area contributed by atoms with E-state index in [0.717, 1.165) is 32.4 Å². The number of hydrogen-bond donors (Lipinski definition) is 0. The molecular weight excluding hydrogens is 288 g/mol. The summed E-state index contributed by atoms with van der Waals surface area (Å²) < 4.78 is 2.06. The Balaban J connectivity index is 1.51. The minimum absolute atomic E-state index is 0.322. The van der Waals surface area contributed by atoms with Crippen LogP contribution < -0.4 is 0 Å². The molecule has 2 fully saturated rings. The summed E-state index contributed by atoms with van der Waals surface area (Å²) >= 11 is 0. The number of carbonyl (C=O) groups is 1. The van der Waals surface area contributed by atoms with E-state index in [1.807, 2.05) is 4.90 Å². The summed E-state index contributed by atoms with van der Waals surface area (Å²) in [6.07, 6.45) is 11.1. The maximum atomic E-state index is 12.3.